The Morgan fingerprint density at radius 1 is 1.02 bits per heavy atom. The van der Waals surface area contributed by atoms with Gasteiger partial charge >= 0.3 is 0 Å². The largest absolute Gasteiger partial charge is 0.454 e. The van der Waals surface area contributed by atoms with Gasteiger partial charge in [0.15, 0.2) is 11.6 Å². The number of fused-ring (bicyclic) bond motifs is 1. The smallest absolute Gasteiger partial charge is 0.268 e. The lowest BCUT2D eigenvalue weighted by molar-refractivity contribution is -0.0393. The van der Waals surface area contributed by atoms with Crippen molar-refractivity contribution in [1.29, 1.82) is 0 Å². The summed E-state index contributed by atoms with van der Waals surface area (Å²) in [5.41, 5.74) is 1.90. The summed E-state index contributed by atoms with van der Waals surface area (Å²) in [7, 11) is -3.98. The SMILES string of the molecule is C=Cc1c(Oc2ccc(F)c(-c3ccn(C4CCCCO4)n3)c2)c(F)cc2c1ccn2S(=O)(=O)c1ccc(C)cc1. The van der Waals surface area contributed by atoms with E-state index in [1.165, 1.54) is 42.6 Å². The Balaban J connectivity index is 1.36. The zero-order valence-corrected chi connectivity index (χ0v) is 23.1. The van der Waals surface area contributed by atoms with Gasteiger partial charge in [-0.05, 0) is 68.7 Å². The van der Waals surface area contributed by atoms with E-state index in [0.29, 0.717) is 17.7 Å². The van der Waals surface area contributed by atoms with Crippen molar-refractivity contribution >= 4 is 27.0 Å². The number of hydrogen-bond acceptors (Lipinski definition) is 5. The second kappa shape index (κ2) is 10.6. The predicted molar refractivity (Wildman–Crippen MR) is 152 cm³/mol. The predicted octanol–water partition coefficient (Wildman–Crippen LogP) is 7.46. The van der Waals surface area contributed by atoms with E-state index < -0.39 is 21.7 Å². The molecule has 0 saturated carbocycles. The fourth-order valence-electron chi connectivity index (χ4n) is 5.03. The number of halogens is 2. The van der Waals surface area contributed by atoms with Gasteiger partial charge in [-0.15, -0.1) is 0 Å². The third kappa shape index (κ3) is 4.93. The lowest BCUT2D eigenvalue weighted by Crippen LogP contribution is -2.18. The van der Waals surface area contributed by atoms with Crippen molar-refractivity contribution in [3.05, 3.63) is 102 Å². The average molecular weight is 576 g/mol. The quantitative estimate of drug-likeness (QED) is 0.201. The van der Waals surface area contributed by atoms with Gasteiger partial charge in [-0.3, -0.25) is 0 Å². The number of aryl methyl sites for hydroxylation is 1. The minimum atomic E-state index is -3.98. The van der Waals surface area contributed by atoms with Crippen molar-refractivity contribution < 1.29 is 26.7 Å². The summed E-state index contributed by atoms with van der Waals surface area (Å²) in [6.45, 7) is 6.31. The van der Waals surface area contributed by atoms with Gasteiger partial charge in [0, 0.05) is 41.6 Å². The number of aromatic nitrogens is 3. The Hall–Kier alpha value is -4.28. The molecule has 0 radical (unpaired) electrons. The molecule has 0 amide bonds. The zero-order chi connectivity index (χ0) is 28.7. The van der Waals surface area contributed by atoms with Crippen LogP contribution in [0.4, 0.5) is 8.78 Å². The van der Waals surface area contributed by atoms with Gasteiger partial charge in [0.2, 0.25) is 0 Å². The maximum atomic E-state index is 15.6. The van der Waals surface area contributed by atoms with Crippen molar-refractivity contribution in [2.45, 2.75) is 37.3 Å². The number of ether oxygens (including phenoxy) is 2. The van der Waals surface area contributed by atoms with Crippen LogP contribution in [0, 0.1) is 18.6 Å². The van der Waals surface area contributed by atoms with E-state index in [4.69, 9.17) is 9.47 Å². The van der Waals surface area contributed by atoms with Crippen molar-refractivity contribution in [3.8, 4) is 22.8 Å². The standard InChI is InChI=1S/C31H27F2N3O4S/c1-3-23-24-13-16-36(41(37,38)22-10-7-20(2)8-11-22)29(24)19-27(33)31(23)40-21-9-12-26(32)25(18-21)28-14-15-35(34-28)30-6-4-5-17-39-30/h3,7-16,18-19,30H,1,4-6,17H2,2H3. The molecule has 1 fully saturated rings. The molecule has 0 aliphatic carbocycles. The van der Waals surface area contributed by atoms with Crippen molar-refractivity contribution in [1.82, 2.24) is 13.8 Å². The maximum Gasteiger partial charge on any atom is 0.268 e. The summed E-state index contributed by atoms with van der Waals surface area (Å²) < 4.78 is 71.6. The molecule has 0 N–H and O–H groups in total. The minimum Gasteiger partial charge on any atom is -0.454 e. The van der Waals surface area contributed by atoms with Crippen LogP contribution in [0.3, 0.4) is 0 Å². The van der Waals surface area contributed by atoms with Crippen LogP contribution in [0.1, 0.15) is 36.6 Å². The van der Waals surface area contributed by atoms with Gasteiger partial charge in [0.05, 0.1) is 16.1 Å². The van der Waals surface area contributed by atoms with Crippen LogP contribution in [-0.2, 0) is 14.8 Å². The summed E-state index contributed by atoms with van der Waals surface area (Å²) in [5.74, 6) is -1.28. The average Bonchev–Trinajstić information content (AvgIpc) is 3.63. The molecule has 1 atom stereocenters. The highest BCUT2D eigenvalue weighted by atomic mass is 32.2. The summed E-state index contributed by atoms with van der Waals surface area (Å²) in [6.07, 6.45) is 7.18. The van der Waals surface area contributed by atoms with Gasteiger partial charge in [-0.25, -0.2) is 25.9 Å². The molecule has 5 aromatic rings. The van der Waals surface area contributed by atoms with Gasteiger partial charge in [0.25, 0.3) is 10.0 Å². The molecule has 1 unspecified atom stereocenters. The molecule has 3 aromatic carbocycles. The van der Waals surface area contributed by atoms with E-state index in [1.54, 1.807) is 35.1 Å². The Morgan fingerprint density at radius 2 is 1.83 bits per heavy atom. The molecule has 0 bridgehead atoms. The van der Waals surface area contributed by atoms with Crippen LogP contribution in [0.15, 0.2) is 84.5 Å². The molecule has 3 heterocycles. The minimum absolute atomic E-state index is 0.0813. The Labute approximate surface area is 236 Å². The Bertz CT molecular complexity index is 1870. The fraction of sp³-hybridized carbons (Fsp3) is 0.194. The molecular formula is C31H27F2N3O4S. The lowest BCUT2D eigenvalue weighted by atomic mass is 10.1. The van der Waals surface area contributed by atoms with Crippen LogP contribution >= 0.6 is 0 Å². The summed E-state index contributed by atoms with van der Waals surface area (Å²) >= 11 is 0. The molecule has 10 heteroatoms. The number of nitrogens with zero attached hydrogens (tertiary/aromatic N) is 3. The second-order valence-corrected chi connectivity index (χ2v) is 11.7. The monoisotopic (exact) mass is 575 g/mol. The van der Waals surface area contributed by atoms with Crippen LogP contribution in [0.25, 0.3) is 28.2 Å². The first-order valence-electron chi connectivity index (χ1n) is 13.2. The van der Waals surface area contributed by atoms with Crippen LogP contribution in [-0.4, -0.2) is 28.8 Å². The Kier molecular flexibility index (Phi) is 6.96. The highest BCUT2D eigenvalue weighted by Gasteiger charge is 2.24. The first-order valence-corrected chi connectivity index (χ1v) is 14.6. The first kappa shape index (κ1) is 26.9. The molecule has 210 valence electrons. The Morgan fingerprint density at radius 3 is 2.56 bits per heavy atom. The topological polar surface area (TPSA) is 75.3 Å². The summed E-state index contributed by atoms with van der Waals surface area (Å²) in [5, 5.41) is 4.94. The van der Waals surface area contributed by atoms with Crippen molar-refractivity contribution in [2.75, 3.05) is 6.61 Å². The van der Waals surface area contributed by atoms with Crippen molar-refractivity contribution in [3.63, 3.8) is 0 Å². The molecule has 6 rings (SSSR count). The third-order valence-electron chi connectivity index (χ3n) is 7.18. The first-order chi connectivity index (χ1) is 19.8. The summed E-state index contributed by atoms with van der Waals surface area (Å²) in [4.78, 5) is 0.0813. The van der Waals surface area contributed by atoms with Crippen LogP contribution in [0.2, 0.25) is 0 Å². The van der Waals surface area contributed by atoms with Gasteiger partial charge < -0.3 is 9.47 Å². The molecule has 7 nitrogen and oxygen atoms in total. The van der Waals surface area contributed by atoms with Gasteiger partial charge in [-0.1, -0.05) is 30.4 Å². The van der Waals surface area contributed by atoms with E-state index >= 15 is 4.39 Å². The third-order valence-corrected chi connectivity index (χ3v) is 8.88. The van der Waals surface area contributed by atoms with Gasteiger partial charge in [0.1, 0.15) is 17.8 Å². The van der Waals surface area contributed by atoms with E-state index in [9.17, 15) is 12.8 Å². The number of hydrogen-bond donors (Lipinski definition) is 0. The second-order valence-electron chi connectivity index (χ2n) is 9.91. The molecule has 0 spiro atoms. The van der Waals surface area contributed by atoms with E-state index in [2.05, 4.69) is 11.7 Å². The molecule has 1 saturated heterocycles. The normalized spacial score (nSPS) is 15.7. The molecular weight excluding hydrogens is 548 g/mol. The van der Waals surface area contributed by atoms with E-state index in [1.807, 2.05) is 6.92 Å². The maximum absolute atomic E-state index is 15.6. The van der Waals surface area contributed by atoms with Crippen molar-refractivity contribution in [2.24, 2.45) is 0 Å². The fourth-order valence-corrected chi connectivity index (χ4v) is 6.37. The number of rotatable bonds is 7. The van der Waals surface area contributed by atoms with Gasteiger partial charge in [-0.2, -0.15) is 5.10 Å². The van der Waals surface area contributed by atoms with Crippen LogP contribution in [0.5, 0.6) is 11.5 Å². The summed E-state index contributed by atoms with van der Waals surface area (Å²) in [6, 6.07) is 14.9. The van der Waals surface area contributed by atoms with Crippen LogP contribution < -0.4 is 4.74 Å². The molecule has 2 aromatic heterocycles. The van der Waals surface area contributed by atoms with E-state index in [-0.39, 0.29) is 39.3 Å². The highest BCUT2D eigenvalue weighted by molar-refractivity contribution is 7.90. The molecule has 1 aliphatic rings. The zero-order valence-electron chi connectivity index (χ0n) is 22.3. The molecule has 41 heavy (non-hydrogen) atoms. The lowest BCUT2D eigenvalue weighted by Gasteiger charge is -2.22. The number of benzene rings is 3. The molecule has 1 aliphatic heterocycles. The highest BCUT2D eigenvalue weighted by Crippen LogP contribution is 2.38. The van der Waals surface area contributed by atoms with E-state index in [0.717, 1.165) is 34.9 Å².